The van der Waals surface area contributed by atoms with E-state index in [1.165, 1.54) is 4.90 Å². The normalized spacial score (nSPS) is 11.7. The number of para-hydroxylation sites is 1. The topological polar surface area (TPSA) is 66.8 Å². The molecule has 5 nitrogen and oxygen atoms in total. The lowest BCUT2D eigenvalue weighted by molar-refractivity contribution is -0.144. The van der Waals surface area contributed by atoms with Crippen LogP contribution in [0.25, 0.3) is 0 Å². The highest BCUT2D eigenvalue weighted by molar-refractivity contribution is 5.85. The van der Waals surface area contributed by atoms with E-state index in [-0.39, 0.29) is 18.5 Å². The van der Waals surface area contributed by atoms with E-state index >= 15 is 0 Å². The number of amides is 1. The van der Waals surface area contributed by atoms with Gasteiger partial charge in [-0.25, -0.2) is 4.79 Å². The first kappa shape index (κ1) is 16.0. The second kappa shape index (κ2) is 8.19. The Bertz CT molecular complexity index is 433. The second-order valence-corrected chi connectivity index (χ2v) is 4.77. The van der Waals surface area contributed by atoms with Gasteiger partial charge in [0.05, 0.1) is 6.61 Å². The summed E-state index contributed by atoms with van der Waals surface area (Å²) in [6.07, 6.45) is 0.134. The molecule has 1 aromatic carbocycles. The molecule has 0 heterocycles. The number of hydrogen-bond donors (Lipinski definition) is 1. The molecule has 1 atom stereocenters. The van der Waals surface area contributed by atoms with Crippen LogP contribution in [0.4, 0.5) is 10.5 Å². The van der Waals surface area contributed by atoms with E-state index in [4.69, 9.17) is 4.74 Å². The average molecular weight is 279 g/mol. The number of benzene rings is 1. The summed E-state index contributed by atoms with van der Waals surface area (Å²) in [5.74, 6) is -0.298. The highest BCUT2D eigenvalue weighted by atomic mass is 16.5. The van der Waals surface area contributed by atoms with Gasteiger partial charge in [0, 0.05) is 24.6 Å². The van der Waals surface area contributed by atoms with Crippen LogP contribution in [0.3, 0.4) is 0 Å². The lowest BCUT2D eigenvalue weighted by atomic mass is 10.1. The molecule has 0 saturated heterocycles. The van der Waals surface area contributed by atoms with Gasteiger partial charge in [0.2, 0.25) is 0 Å². The van der Waals surface area contributed by atoms with Crippen LogP contribution in [0, 0.1) is 5.92 Å². The van der Waals surface area contributed by atoms with E-state index in [9.17, 15) is 14.7 Å². The third-order valence-electron chi connectivity index (χ3n) is 2.78. The fraction of sp³-hybridized carbons (Fsp3) is 0.467. The molecule has 0 aliphatic rings. The van der Waals surface area contributed by atoms with Crippen molar-refractivity contribution in [1.82, 2.24) is 0 Å². The molecule has 0 fully saturated rings. The molecule has 0 saturated carbocycles. The first-order valence-corrected chi connectivity index (χ1v) is 6.75. The average Bonchev–Trinajstić information content (AvgIpc) is 2.43. The van der Waals surface area contributed by atoms with Gasteiger partial charge in [-0.15, -0.1) is 0 Å². The van der Waals surface area contributed by atoms with Crippen LogP contribution < -0.4 is 4.90 Å². The van der Waals surface area contributed by atoms with Crippen molar-refractivity contribution in [2.75, 3.05) is 18.1 Å². The number of carboxylic acid groups (broad SMARTS) is 1. The highest BCUT2D eigenvalue weighted by Gasteiger charge is 2.18. The Morgan fingerprint density at radius 1 is 1.30 bits per heavy atom. The fourth-order valence-corrected chi connectivity index (χ4v) is 1.78. The van der Waals surface area contributed by atoms with Crippen molar-refractivity contribution in [1.29, 1.82) is 0 Å². The monoisotopic (exact) mass is 279 g/mol. The zero-order valence-corrected chi connectivity index (χ0v) is 11.9. The minimum Gasteiger partial charge on any atom is -0.465 e. The summed E-state index contributed by atoms with van der Waals surface area (Å²) in [6, 6.07) is 8.89. The number of carbonyl (C=O) groups excluding carboxylic acids is 1. The third-order valence-corrected chi connectivity index (χ3v) is 2.78. The minimum atomic E-state index is -1.01. The summed E-state index contributed by atoms with van der Waals surface area (Å²) in [7, 11) is 0. The van der Waals surface area contributed by atoms with Gasteiger partial charge in [-0.05, 0) is 18.6 Å². The van der Waals surface area contributed by atoms with Gasteiger partial charge in [0.1, 0.15) is 0 Å². The number of rotatable bonds is 7. The van der Waals surface area contributed by atoms with Crippen molar-refractivity contribution in [2.45, 2.75) is 26.7 Å². The number of anilines is 1. The maximum atomic E-state index is 11.3. The van der Waals surface area contributed by atoms with Crippen LogP contribution in [0.1, 0.15) is 26.7 Å². The van der Waals surface area contributed by atoms with Gasteiger partial charge in [-0.2, -0.15) is 0 Å². The molecule has 1 N–H and O–H groups in total. The lowest BCUT2D eigenvalue weighted by Crippen LogP contribution is -2.35. The standard InChI is InChI=1S/C15H21NO4/c1-3-7-14(17)20-11-12(2)10-16(15(18)19)13-8-5-4-6-9-13/h4-6,8-9,12H,3,7,10-11H2,1-2H3,(H,18,19)/t12-/m0/s1. The number of esters is 1. The molecule has 5 heteroatoms. The van der Waals surface area contributed by atoms with E-state index in [1.54, 1.807) is 24.3 Å². The molecular formula is C15H21NO4. The number of nitrogens with zero attached hydrogens (tertiary/aromatic N) is 1. The summed E-state index contributed by atoms with van der Waals surface area (Å²) in [4.78, 5) is 23.8. The largest absolute Gasteiger partial charge is 0.465 e. The number of carbonyl (C=O) groups is 2. The molecule has 20 heavy (non-hydrogen) atoms. The SMILES string of the molecule is CCCC(=O)OC[C@@H](C)CN(C(=O)O)c1ccccc1. The molecule has 0 aliphatic heterocycles. The highest BCUT2D eigenvalue weighted by Crippen LogP contribution is 2.15. The van der Waals surface area contributed by atoms with E-state index in [2.05, 4.69) is 0 Å². The predicted octanol–water partition coefficient (Wildman–Crippen LogP) is 3.15. The van der Waals surface area contributed by atoms with Crippen molar-refractivity contribution in [3.8, 4) is 0 Å². The first-order valence-electron chi connectivity index (χ1n) is 6.75. The fourth-order valence-electron chi connectivity index (χ4n) is 1.78. The summed E-state index contributed by atoms with van der Waals surface area (Å²) in [5, 5.41) is 9.26. The molecule has 110 valence electrons. The maximum absolute atomic E-state index is 11.3. The van der Waals surface area contributed by atoms with Crippen LogP contribution in [0.2, 0.25) is 0 Å². The number of ether oxygens (including phenoxy) is 1. The maximum Gasteiger partial charge on any atom is 0.411 e. The Balaban J connectivity index is 2.54. The first-order chi connectivity index (χ1) is 9.54. The molecule has 0 unspecified atom stereocenters. The van der Waals surface area contributed by atoms with Crippen LogP contribution >= 0.6 is 0 Å². The number of hydrogen-bond acceptors (Lipinski definition) is 3. The molecule has 1 rings (SSSR count). The molecule has 0 spiro atoms. The van der Waals surface area contributed by atoms with Crippen molar-refractivity contribution >= 4 is 17.7 Å². The van der Waals surface area contributed by atoms with Gasteiger partial charge < -0.3 is 9.84 Å². The second-order valence-electron chi connectivity index (χ2n) is 4.77. The quantitative estimate of drug-likeness (QED) is 0.778. The Morgan fingerprint density at radius 3 is 2.50 bits per heavy atom. The predicted molar refractivity (Wildman–Crippen MR) is 76.8 cm³/mol. The third kappa shape index (κ3) is 5.30. The van der Waals surface area contributed by atoms with Gasteiger partial charge >= 0.3 is 12.1 Å². The van der Waals surface area contributed by atoms with E-state index in [1.807, 2.05) is 19.9 Å². The molecule has 0 bridgehead atoms. The smallest absolute Gasteiger partial charge is 0.411 e. The molecule has 1 amide bonds. The van der Waals surface area contributed by atoms with Crippen LogP contribution in [-0.4, -0.2) is 30.3 Å². The van der Waals surface area contributed by atoms with E-state index in [0.717, 1.165) is 6.42 Å². The summed E-state index contributed by atoms with van der Waals surface area (Å²) < 4.78 is 5.10. The molecule has 0 radical (unpaired) electrons. The summed E-state index contributed by atoms with van der Waals surface area (Å²) in [6.45, 7) is 4.29. The zero-order chi connectivity index (χ0) is 15.0. The zero-order valence-electron chi connectivity index (χ0n) is 11.9. The van der Waals surface area contributed by atoms with Crippen molar-refractivity contribution < 1.29 is 19.4 Å². The van der Waals surface area contributed by atoms with E-state index in [0.29, 0.717) is 18.7 Å². The van der Waals surface area contributed by atoms with Gasteiger partial charge in [0.15, 0.2) is 0 Å². The summed E-state index contributed by atoms with van der Waals surface area (Å²) >= 11 is 0. The van der Waals surface area contributed by atoms with E-state index < -0.39 is 6.09 Å². The van der Waals surface area contributed by atoms with Crippen LogP contribution in [0.5, 0.6) is 0 Å². The lowest BCUT2D eigenvalue weighted by Gasteiger charge is -2.23. The molecular weight excluding hydrogens is 258 g/mol. The molecule has 0 aliphatic carbocycles. The van der Waals surface area contributed by atoms with Crippen molar-refractivity contribution in [3.05, 3.63) is 30.3 Å². The van der Waals surface area contributed by atoms with Gasteiger partial charge in [-0.1, -0.05) is 32.0 Å². The molecule has 0 aromatic heterocycles. The Kier molecular flexibility index (Phi) is 6.56. The van der Waals surface area contributed by atoms with Crippen molar-refractivity contribution in [2.24, 2.45) is 5.92 Å². The Morgan fingerprint density at radius 2 is 1.95 bits per heavy atom. The molecule has 1 aromatic rings. The van der Waals surface area contributed by atoms with Crippen molar-refractivity contribution in [3.63, 3.8) is 0 Å². The van der Waals surface area contributed by atoms with Gasteiger partial charge in [-0.3, -0.25) is 9.69 Å². The van der Waals surface area contributed by atoms with Crippen LogP contribution in [-0.2, 0) is 9.53 Å². The van der Waals surface area contributed by atoms with Crippen LogP contribution in [0.15, 0.2) is 30.3 Å². The van der Waals surface area contributed by atoms with Gasteiger partial charge in [0.25, 0.3) is 0 Å². The summed E-state index contributed by atoms with van der Waals surface area (Å²) in [5.41, 5.74) is 0.617. The Hall–Kier alpha value is -2.04. The minimum absolute atomic E-state index is 0.0629. The Labute approximate surface area is 119 Å².